The second-order valence-corrected chi connectivity index (χ2v) is 4.88. The Labute approximate surface area is 99.6 Å². The summed E-state index contributed by atoms with van der Waals surface area (Å²) >= 11 is 0. The van der Waals surface area contributed by atoms with Crippen LogP contribution in [0.15, 0.2) is 34.9 Å². The van der Waals surface area contributed by atoms with Gasteiger partial charge in [-0.2, -0.15) is 0 Å². The fourth-order valence-corrected chi connectivity index (χ4v) is 1.92. The van der Waals surface area contributed by atoms with E-state index in [-0.39, 0.29) is 6.10 Å². The van der Waals surface area contributed by atoms with Crippen LogP contribution in [0, 0.1) is 0 Å². The average molecular weight is 220 g/mol. The number of aliphatic hydroxyl groups excluding tert-OH is 1. The molecule has 16 heavy (non-hydrogen) atoms. The molecule has 1 aliphatic carbocycles. The predicted molar refractivity (Wildman–Crippen MR) is 70.4 cm³/mol. The van der Waals surface area contributed by atoms with Gasteiger partial charge in [0.25, 0.3) is 0 Å². The Hall–Kier alpha value is -0.820. The van der Waals surface area contributed by atoms with Crippen molar-refractivity contribution in [3.05, 3.63) is 34.9 Å². The summed E-state index contributed by atoms with van der Waals surface area (Å²) in [5.41, 5.74) is 3.96. The van der Waals surface area contributed by atoms with Crippen LogP contribution in [0.5, 0.6) is 0 Å². The summed E-state index contributed by atoms with van der Waals surface area (Å²) in [5.74, 6) is 0. The topological polar surface area (TPSA) is 20.2 Å². The van der Waals surface area contributed by atoms with Crippen LogP contribution in [-0.2, 0) is 0 Å². The molecular weight excluding hydrogens is 196 g/mol. The van der Waals surface area contributed by atoms with Crippen molar-refractivity contribution in [2.75, 3.05) is 0 Å². The minimum atomic E-state index is -0.267. The van der Waals surface area contributed by atoms with Crippen LogP contribution in [0.25, 0.3) is 0 Å². The van der Waals surface area contributed by atoms with Gasteiger partial charge < -0.3 is 5.11 Å². The monoisotopic (exact) mass is 220 g/mol. The zero-order valence-corrected chi connectivity index (χ0v) is 10.8. The molecule has 1 rings (SSSR count). The van der Waals surface area contributed by atoms with Gasteiger partial charge in [-0.15, -0.1) is 0 Å². The van der Waals surface area contributed by atoms with Crippen molar-refractivity contribution in [3.8, 4) is 0 Å². The maximum absolute atomic E-state index is 9.93. The lowest BCUT2D eigenvalue weighted by atomic mass is 9.99. The van der Waals surface area contributed by atoms with Gasteiger partial charge >= 0.3 is 0 Å². The molecule has 1 N–H and O–H groups in total. The smallest absolute Gasteiger partial charge is 0.0750 e. The summed E-state index contributed by atoms with van der Waals surface area (Å²) in [5, 5.41) is 9.93. The van der Waals surface area contributed by atoms with Crippen molar-refractivity contribution >= 4 is 0 Å². The summed E-state index contributed by atoms with van der Waals surface area (Å²) in [4.78, 5) is 0. The third-order valence-electron chi connectivity index (χ3n) is 3.28. The van der Waals surface area contributed by atoms with Gasteiger partial charge in [0.15, 0.2) is 0 Å². The Morgan fingerprint density at radius 1 is 1.00 bits per heavy atom. The Bertz CT molecular complexity index is 307. The summed E-state index contributed by atoms with van der Waals surface area (Å²) in [6.07, 6.45) is 11.6. The van der Waals surface area contributed by atoms with Crippen LogP contribution in [0.2, 0.25) is 0 Å². The van der Waals surface area contributed by atoms with E-state index in [1.807, 2.05) is 6.92 Å². The summed E-state index contributed by atoms with van der Waals surface area (Å²) in [7, 11) is 0. The molecule has 1 aliphatic rings. The third-order valence-corrected chi connectivity index (χ3v) is 3.28. The van der Waals surface area contributed by atoms with Crippen molar-refractivity contribution in [2.24, 2.45) is 0 Å². The van der Waals surface area contributed by atoms with Crippen LogP contribution in [0.4, 0.5) is 0 Å². The third kappa shape index (κ3) is 4.80. The molecule has 0 radical (unpaired) electrons. The van der Waals surface area contributed by atoms with Crippen LogP contribution < -0.4 is 0 Å². The summed E-state index contributed by atoms with van der Waals surface area (Å²) < 4.78 is 0. The van der Waals surface area contributed by atoms with Gasteiger partial charge in [-0.05, 0) is 58.4 Å². The number of allylic oxidation sites excluding steroid dienone is 5. The first-order chi connectivity index (χ1) is 7.59. The van der Waals surface area contributed by atoms with E-state index < -0.39 is 0 Å². The molecule has 1 nitrogen and oxygen atoms in total. The van der Waals surface area contributed by atoms with Gasteiger partial charge in [0.2, 0.25) is 0 Å². The lowest BCUT2D eigenvalue weighted by molar-refractivity contribution is 0.200. The van der Waals surface area contributed by atoms with E-state index in [2.05, 4.69) is 32.1 Å². The average Bonchev–Trinajstić information content (AvgIpc) is 2.24. The highest BCUT2D eigenvalue weighted by molar-refractivity contribution is 5.12. The first kappa shape index (κ1) is 13.2. The molecule has 0 saturated carbocycles. The molecule has 90 valence electrons. The molecule has 0 aromatic carbocycles. The highest BCUT2D eigenvalue weighted by atomic mass is 16.3. The minimum absolute atomic E-state index is 0.267. The van der Waals surface area contributed by atoms with Crippen molar-refractivity contribution in [3.63, 3.8) is 0 Å². The maximum Gasteiger partial charge on any atom is 0.0750 e. The van der Waals surface area contributed by atoms with E-state index in [9.17, 15) is 5.11 Å². The van der Waals surface area contributed by atoms with Crippen LogP contribution in [0.1, 0.15) is 52.9 Å². The van der Waals surface area contributed by atoms with Crippen LogP contribution >= 0.6 is 0 Å². The molecule has 0 aromatic heterocycles. The molecule has 1 atom stereocenters. The quantitative estimate of drug-likeness (QED) is 0.608. The maximum atomic E-state index is 9.93. The van der Waals surface area contributed by atoms with Crippen molar-refractivity contribution in [1.82, 2.24) is 0 Å². The lowest BCUT2D eigenvalue weighted by Crippen LogP contribution is -2.08. The number of hydrogen-bond donors (Lipinski definition) is 1. The van der Waals surface area contributed by atoms with Gasteiger partial charge in [0, 0.05) is 0 Å². The zero-order valence-electron chi connectivity index (χ0n) is 10.8. The van der Waals surface area contributed by atoms with E-state index in [0.717, 1.165) is 37.7 Å². The molecule has 0 aliphatic heterocycles. The van der Waals surface area contributed by atoms with E-state index in [4.69, 9.17) is 0 Å². The van der Waals surface area contributed by atoms with Crippen LogP contribution in [-0.4, -0.2) is 11.2 Å². The fourth-order valence-electron chi connectivity index (χ4n) is 1.92. The molecule has 1 unspecified atom stereocenters. The van der Waals surface area contributed by atoms with Crippen molar-refractivity contribution < 1.29 is 5.11 Å². The SMILES string of the molecule is C/C1=C/C/C=C(/C)C(O)CC/C(C)=C\CC1. The molecule has 0 amide bonds. The van der Waals surface area contributed by atoms with Gasteiger partial charge in [0.05, 0.1) is 6.10 Å². The second kappa shape index (κ2) is 6.70. The Balaban J connectivity index is 2.74. The molecule has 0 spiro atoms. The predicted octanol–water partition coefficient (Wildman–Crippen LogP) is 4.15. The van der Waals surface area contributed by atoms with E-state index in [1.165, 1.54) is 11.1 Å². The van der Waals surface area contributed by atoms with Gasteiger partial charge in [-0.25, -0.2) is 0 Å². The minimum Gasteiger partial charge on any atom is -0.389 e. The Kier molecular flexibility index (Phi) is 5.54. The number of hydrogen-bond acceptors (Lipinski definition) is 1. The number of aliphatic hydroxyl groups is 1. The van der Waals surface area contributed by atoms with E-state index in [0.29, 0.717) is 0 Å². The Morgan fingerprint density at radius 3 is 2.44 bits per heavy atom. The molecule has 1 heteroatoms. The molecule has 0 saturated heterocycles. The summed E-state index contributed by atoms with van der Waals surface area (Å²) in [6, 6.07) is 0. The lowest BCUT2D eigenvalue weighted by Gasteiger charge is -2.12. The molecule has 0 bridgehead atoms. The van der Waals surface area contributed by atoms with E-state index in [1.54, 1.807) is 0 Å². The highest BCUT2D eigenvalue weighted by Gasteiger charge is 2.06. The largest absolute Gasteiger partial charge is 0.389 e. The normalized spacial score (nSPS) is 34.5. The molecular formula is C15H24O. The fraction of sp³-hybridized carbons (Fsp3) is 0.600. The molecule has 0 heterocycles. The number of rotatable bonds is 0. The van der Waals surface area contributed by atoms with Gasteiger partial charge in [0.1, 0.15) is 0 Å². The second-order valence-electron chi connectivity index (χ2n) is 4.88. The highest BCUT2D eigenvalue weighted by Crippen LogP contribution is 2.17. The van der Waals surface area contributed by atoms with Gasteiger partial charge in [-0.1, -0.05) is 29.4 Å². The van der Waals surface area contributed by atoms with E-state index >= 15 is 0 Å². The standard InChI is InChI=1S/C15H24O/c1-12-6-4-7-13(2)10-11-15(16)14(3)9-5-8-12/h7-9,15-16H,4-6,10-11H2,1-3H3/b12-8-,13-7-,14-9-. The van der Waals surface area contributed by atoms with Gasteiger partial charge in [-0.3, -0.25) is 0 Å². The molecule has 0 aromatic rings. The van der Waals surface area contributed by atoms with Crippen LogP contribution in [0.3, 0.4) is 0 Å². The first-order valence-corrected chi connectivity index (χ1v) is 6.25. The zero-order chi connectivity index (χ0) is 12.0. The van der Waals surface area contributed by atoms with Crippen molar-refractivity contribution in [2.45, 2.75) is 59.0 Å². The summed E-state index contributed by atoms with van der Waals surface area (Å²) in [6.45, 7) is 6.38. The Morgan fingerprint density at radius 2 is 1.69 bits per heavy atom. The van der Waals surface area contributed by atoms with Crippen molar-refractivity contribution in [1.29, 1.82) is 0 Å². The molecule has 0 fully saturated rings. The first-order valence-electron chi connectivity index (χ1n) is 6.25.